The van der Waals surface area contributed by atoms with Crippen LogP contribution in [0.2, 0.25) is 5.02 Å². The molecule has 0 bridgehead atoms. The third kappa shape index (κ3) is 2.43. The summed E-state index contributed by atoms with van der Waals surface area (Å²) in [6.45, 7) is 6.29. The van der Waals surface area contributed by atoms with E-state index in [0.717, 1.165) is 35.0 Å². The molecule has 0 saturated carbocycles. The van der Waals surface area contributed by atoms with E-state index in [1.54, 1.807) is 7.11 Å². The van der Waals surface area contributed by atoms with Gasteiger partial charge in [0.2, 0.25) is 0 Å². The molecule has 2 rings (SSSR count). The van der Waals surface area contributed by atoms with Gasteiger partial charge < -0.3 is 10.1 Å². The van der Waals surface area contributed by atoms with Crippen molar-refractivity contribution in [1.29, 1.82) is 0 Å². The first-order valence-corrected chi connectivity index (χ1v) is 6.57. The van der Waals surface area contributed by atoms with E-state index in [0.29, 0.717) is 5.92 Å². The van der Waals surface area contributed by atoms with Crippen LogP contribution in [-0.2, 0) is 0 Å². The van der Waals surface area contributed by atoms with Crippen LogP contribution in [0.4, 0.5) is 0 Å². The molecule has 0 amide bonds. The van der Waals surface area contributed by atoms with Crippen molar-refractivity contribution in [3.63, 3.8) is 0 Å². The number of hydrogen-bond donors (Lipinski definition) is 1. The van der Waals surface area contributed by atoms with Gasteiger partial charge in [0, 0.05) is 5.56 Å². The Morgan fingerprint density at radius 3 is 2.53 bits per heavy atom. The lowest BCUT2D eigenvalue weighted by Crippen LogP contribution is -2.27. The van der Waals surface area contributed by atoms with Crippen LogP contribution in [0.15, 0.2) is 6.07 Å². The largest absolute Gasteiger partial charge is 0.496 e. The third-order valence-electron chi connectivity index (χ3n) is 3.63. The van der Waals surface area contributed by atoms with E-state index in [9.17, 15) is 0 Å². The van der Waals surface area contributed by atoms with Crippen LogP contribution in [0.1, 0.15) is 35.4 Å². The first-order chi connectivity index (χ1) is 8.15. The molecule has 1 fully saturated rings. The van der Waals surface area contributed by atoms with E-state index in [4.69, 9.17) is 16.3 Å². The Morgan fingerprint density at radius 2 is 1.94 bits per heavy atom. The maximum absolute atomic E-state index is 6.28. The molecule has 1 N–H and O–H groups in total. The highest BCUT2D eigenvalue weighted by Crippen LogP contribution is 2.39. The number of methoxy groups -OCH3 is 1. The number of benzene rings is 1. The van der Waals surface area contributed by atoms with Gasteiger partial charge in [0.25, 0.3) is 0 Å². The standard InChI is InChI=1S/C14H20ClNO/c1-9-8-12(11-4-6-16-7-5-11)14(17-3)10(2)13(9)15/h8,11,16H,4-7H2,1-3H3. The van der Waals surface area contributed by atoms with Crippen molar-refractivity contribution in [3.8, 4) is 5.75 Å². The summed E-state index contributed by atoms with van der Waals surface area (Å²) in [5, 5.41) is 4.23. The van der Waals surface area contributed by atoms with E-state index in [-0.39, 0.29) is 0 Å². The van der Waals surface area contributed by atoms with E-state index in [2.05, 4.69) is 18.3 Å². The molecular formula is C14H20ClNO. The summed E-state index contributed by atoms with van der Waals surface area (Å²) in [5.41, 5.74) is 3.55. The lowest BCUT2D eigenvalue weighted by Gasteiger charge is -2.26. The van der Waals surface area contributed by atoms with Gasteiger partial charge in [-0.15, -0.1) is 0 Å². The van der Waals surface area contributed by atoms with Gasteiger partial charge in [0.05, 0.1) is 12.1 Å². The van der Waals surface area contributed by atoms with Crippen LogP contribution >= 0.6 is 11.6 Å². The number of rotatable bonds is 2. The topological polar surface area (TPSA) is 21.3 Å². The highest BCUT2D eigenvalue weighted by molar-refractivity contribution is 6.32. The molecule has 1 saturated heterocycles. The van der Waals surface area contributed by atoms with Gasteiger partial charge in [0.1, 0.15) is 5.75 Å². The fraction of sp³-hybridized carbons (Fsp3) is 0.571. The monoisotopic (exact) mass is 253 g/mol. The van der Waals surface area contributed by atoms with Crippen LogP contribution in [0.3, 0.4) is 0 Å². The van der Waals surface area contributed by atoms with E-state index in [1.165, 1.54) is 18.4 Å². The van der Waals surface area contributed by atoms with Gasteiger partial charge in [-0.2, -0.15) is 0 Å². The molecule has 0 spiro atoms. The zero-order valence-electron chi connectivity index (χ0n) is 10.8. The predicted molar refractivity (Wildman–Crippen MR) is 72.3 cm³/mol. The number of halogens is 1. The van der Waals surface area contributed by atoms with Crippen molar-refractivity contribution in [1.82, 2.24) is 5.32 Å². The SMILES string of the molecule is COc1c(C2CCNCC2)cc(C)c(Cl)c1C. The molecular weight excluding hydrogens is 234 g/mol. The van der Waals surface area contributed by atoms with Crippen molar-refractivity contribution in [2.75, 3.05) is 20.2 Å². The molecule has 94 valence electrons. The minimum absolute atomic E-state index is 0.598. The summed E-state index contributed by atoms with van der Waals surface area (Å²) in [6.07, 6.45) is 2.35. The Hall–Kier alpha value is -0.730. The molecule has 0 aliphatic carbocycles. The van der Waals surface area contributed by atoms with Crippen LogP contribution in [0.25, 0.3) is 0 Å². The molecule has 2 nitrogen and oxygen atoms in total. The first kappa shape index (κ1) is 12.7. The molecule has 1 aliphatic heterocycles. The number of piperidine rings is 1. The molecule has 1 aromatic carbocycles. The molecule has 3 heteroatoms. The molecule has 0 unspecified atom stereocenters. The summed E-state index contributed by atoms with van der Waals surface area (Å²) < 4.78 is 5.56. The van der Waals surface area contributed by atoms with Crippen LogP contribution in [0, 0.1) is 13.8 Å². The third-order valence-corrected chi connectivity index (χ3v) is 4.21. The van der Waals surface area contributed by atoms with Crippen molar-refractivity contribution >= 4 is 11.6 Å². The lowest BCUT2D eigenvalue weighted by molar-refractivity contribution is 0.389. The first-order valence-electron chi connectivity index (χ1n) is 6.19. The van der Waals surface area contributed by atoms with Gasteiger partial charge in [-0.3, -0.25) is 0 Å². The average Bonchev–Trinajstić information content (AvgIpc) is 2.36. The van der Waals surface area contributed by atoms with Crippen molar-refractivity contribution in [2.45, 2.75) is 32.6 Å². The molecule has 0 radical (unpaired) electrons. The quantitative estimate of drug-likeness (QED) is 0.872. The smallest absolute Gasteiger partial charge is 0.126 e. The molecule has 0 atom stereocenters. The van der Waals surface area contributed by atoms with Crippen molar-refractivity contribution in [2.24, 2.45) is 0 Å². The van der Waals surface area contributed by atoms with Crippen LogP contribution in [0.5, 0.6) is 5.75 Å². The van der Waals surface area contributed by atoms with Gasteiger partial charge in [-0.1, -0.05) is 17.7 Å². The normalized spacial score (nSPS) is 17.2. The maximum atomic E-state index is 6.28. The average molecular weight is 254 g/mol. The van der Waals surface area contributed by atoms with Gasteiger partial charge in [0.15, 0.2) is 0 Å². The zero-order valence-corrected chi connectivity index (χ0v) is 11.5. The van der Waals surface area contributed by atoms with E-state index in [1.807, 2.05) is 6.92 Å². The maximum Gasteiger partial charge on any atom is 0.126 e. The van der Waals surface area contributed by atoms with Gasteiger partial charge in [-0.05, 0) is 56.8 Å². The zero-order chi connectivity index (χ0) is 12.4. The number of ether oxygens (including phenoxy) is 1. The van der Waals surface area contributed by atoms with Gasteiger partial charge >= 0.3 is 0 Å². The van der Waals surface area contributed by atoms with E-state index < -0.39 is 0 Å². The Bertz CT molecular complexity index is 411. The van der Waals surface area contributed by atoms with Crippen LogP contribution in [-0.4, -0.2) is 20.2 Å². The molecule has 0 aromatic heterocycles. The second-order valence-corrected chi connectivity index (χ2v) is 5.16. The van der Waals surface area contributed by atoms with Crippen LogP contribution < -0.4 is 10.1 Å². The fourth-order valence-electron chi connectivity index (χ4n) is 2.68. The number of hydrogen-bond acceptors (Lipinski definition) is 2. The Kier molecular flexibility index (Phi) is 3.95. The minimum Gasteiger partial charge on any atom is -0.496 e. The number of nitrogens with one attached hydrogen (secondary N) is 1. The molecule has 1 heterocycles. The molecule has 1 aromatic rings. The Labute approximate surface area is 108 Å². The molecule has 1 aliphatic rings. The summed E-state index contributed by atoms with van der Waals surface area (Å²) in [6, 6.07) is 2.20. The Morgan fingerprint density at radius 1 is 1.29 bits per heavy atom. The second-order valence-electron chi connectivity index (χ2n) is 4.78. The minimum atomic E-state index is 0.598. The highest BCUT2D eigenvalue weighted by Gasteiger charge is 2.22. The summed E-state index contributed by atoms with van der Waals surface area (Å²) in [7, 11) is 1.73. The lowest BCUT2D eigenvalue weighted by atomic mass is 9.87. The fourth-order valence-corrected chi connectivity index (χ4v) is 2.82. The van der Waals surface area contributed by atoms with E-state index >= 15 is 0 Å². The summed E-state index contributed by atoms with van der Waals surface area (Å²) >= 11 is 6.28. The van der Waals surface area contributed by atoms with Crippen molar-refractivity contribution < 1.29 is 4.74 Å². The highest BCUT2D eigenvalue weighted by atomic mass is 35.5. The Balaban J connectivity index is 2.44. The molecule has 17 heavy (non-hydrogen) atoms. The summed E-state index contributed by atoms with van der Waals surface area (Å²) in [5.74, 6) is 1.58. The second kappa shape index (κ2) is 5.28. The van der Waals surface area contributed by atoms with Crippen molar-refractivity contribution in [3.05, 3.63) is 27.8 Å². The summed E-state index contributed by atoms with van der Waals surface area (Å²) in [4.78, 5) is 0. The van der Waals surface area contributed by atoms with Gasteiger partial charge in [-0.25, -0.2) is 0 Å². The number of aryl methyl sites for hydroxylation is 1. The predicted octanol–water partition coefficient (Wildman–Crippen LogP) is 3.43.